The van der Waals surface area contributed by atoms with Crippen LogP contribution in [-0.4, -0.2) is 108 Å². The van der Waals surface area contributed by atoms with E-state index < -0.39 is 24.5 Å². The Morgan fingerprint density at radius 2 is 0.780 bits per heavy atom. The molecule has 3 N–H and O–H groups in total. The molecule has 41 heavy (non-hydrogen) atoms. The van der Waals surface area contributed by atoms with Gasteiger partial charge in [0.2, 0.25) is 0 Å². The molecule has 0 radical (unpaired) electrons. The smallest absolute Gasteiger partial charge is 0.102 e. The topological polar surface area (TPSA) is 141 Å². The van der Waals surface area contributed by atoms with Gasteiger partial charge < -0.3 is 44.1 Å². The van der Waals surface area contributed by atoms with Crippen molar-refractivity contribution in [2.45, 2.75) is 131 Å². The van der Waals surface area contributed by atoms with Crippen LogP contribution in [-0.2, 0) is 9.59 Å². The molecule has 0 bridgehead atoms. The molecule has 0 saturated heterocycles. The first-order valence-corrected chi connectivity index (χ1v) is 16.5. The first kappa shape index (κ1) is 44.2. The van der Waals surface area contributed by atoms with Crippen LogP contribution in [0.5, 0.6) is 0 Å². The second-order valence-electron chi connectivity index (χ2n) is 11.5. The summed E-state index contributed by atoms with van der Waals surface area (Å²) in [6.07, 6.45) is 12.5. The highest BCUT2D eigenvalue weighted by Gasteiger charge is 2.25. The molecule has 1 atom stereocenters. The van der Waals surface area contributed by atoms with Crippen molar-refractivity contribution in [1.82, 2.24) is 0 Å². The van der Waals surface area contributed by atoms with Crippen LogP contribution in [0.2, 0.25) is 0 Å². The molecular weight excluding hydrogens is 524 g/mol. The van der Waals surface area contributed by atoms with Crippen LogP contribution >= 0.6 is 0 Å². The van der Waals surface area contributed by atoms with Gasteiger partial charge in [0.1, 0.15) is 13.1 Å². The molecule has 0 aliphatic rings. The fraction of sp³-hybridized carbons (Fsp3) is 0.938. The summed E-state index contributed by atoms with van der Waals surface area (Å²) in [6.45, 7) is 23.7. The molecule has 0 amide bonds. The summed E-state index contributed by atoms with van der Waals surface area (Å²) < 4.78 is 2.32. The van der Waals surface area contributed by atoms with Gasteiger partial charge in [0.25, 0.3) is 0 Å². The molecule has 9 heteroatoms. The van der Waals surface area contributed by atoms with Crippen molar-refractivity contribution in [3.8, 4) is 0 Å². The highest BCUT2D eigenvalue weighted by atomic mass is 16.4. The van der Waals surface area contributed by atoms with Crippen molar-refractivity contribution in [3.63, 3.8) is 0 Å². The molecule has 0 rings (SSSR count). The third kappa shape index (κ3) is 26.1. The van der Waals surface area contributed by atoms with E-state index in [2.05, 4.69) is 41.5 Å². The molecule has 0 heterocycles. The second-order valence-corrected chi connectivity index (χ2v) is 11.5. The van der Waals surface area contributed by atoms with Crippen LogP contribution in [0, 0.1) is 0 Å². The zero-order valence-corrected chi connectivity index (χ0v) is 27.7. The highest BCUT2D eigenvalue weighted by molar-refractivity contribution is 5.77. The van der Waals surface area contributed by atoms with Crippen molar-refractivity contribution >= 4 is 11.9 Å². The normalized spacial score (nSPS) is 12.1. The molecular formula is C32H68N2O7. The number of nitrogens with zero attached hydrogens (tertiary/aromatic N) is 2. The van der Waals surface area contributed by atoms with Crippen molar-refractivity contribution in [1.29, 1.82) is 0 Å². The zero-order valence-electron chi connectivity index (χ0n) is 27.7. The monoisotopic (exact) mass is 593 g/mol. The Kier molecular flexibility index (Phi) is 32.6. The van der Waals surface area contributed by atoms with Gasteiger partial charge in [-0.25, -0.2) is 0 Å². The van der Waals surface area contributed by atoms with E-state index in [0.717, 1.165) is 22.1 Å². The number of carboxylic acids is 2. The van der Waals surface area contributed by atoms with Crippen molar-refractivity contribution in [3.05, 3.63) is 0 Å². The lowest BCUT2D eigenvalue weighted by Crippen LogP contribution is -2.51. The first-order valence-electron chi connectivity index (χ1n) is 16.5. The molecule has 0 spiro atoms. The molecule has 0 aliphatic heterocycles. The van der Waals surface area contributed by atoms with E-state index >= 15 is 0 Å². The molecule has 0 aromatic carbocycles. The average Bonchev–Trinajstić information content (AvgIpc) is 2.95. The number of unbranched alkanes of at least 4 members (excludes halogenated alkanes) is 6. The van der Waals surface area contributed by atoms with Crippen LogP contribution < -0.4 is 10.2 Å². The number of carbonyl (C=O) groups is 2. The summed E-state index contributed by atoms with van der Waals surface area (Å²) in [5, 5.41) is 45.9. The maximum atomic E-state index is 9.58. The fourth-order valence-electron chi connectivity index (χ4n) is 4.97. The zero-order chi connectivity index (χ0) is 32.0. The Hall–Kier alpha value is -1.26. The van der Waals surface area contributed by atoms with Gasteiger partial charge in [-0.15, -0.1) is 0 Å². The molecule has 9 nitrogen and oxygen atoms in total. The van der Waals surface area contributed by atoms with Gasteiger partial charge in [-0.1, -0.05) is 80.1 Å². The molecule has 1 unspecified atom stereocenters. The van der Waals surface area contributed by atoms with E-state index in [1.54, 1.807) is 0 Å². The highest BCUT2D eigenvalue weighted by Crippen LogP contribution is 2.15. The van der Waals surface area contributed by atoms with Gasteiger partial charge in [0.15, 0.2) is 0 Å². The predicted molar refractivity (Wildman–Crippen MR) is 164 cm³/mol. The Morgan fingerprint density at radius 1 is 0.537 bits per heavy atom. The number of aliphatic hydroxyl groups is 3. The maximum Gasteiger partial charge on any atom is 0.102 e. The van der Waals surface area contributed by atoms with Crippen LogP contribution in [0.4, 0.5) is 0 Å². The van der Waals surface area contributed by atoms with Gasteiger partial charge in [-0.2, -0.15) is 0 Å². The molecule has 0 aromatic rings. The van der Waals surface area contributed by atoms with Gasteiger partial charge >= 0.3 is 0 Å². The molecule has 0 aliphatic carbocycles. The van der Waals surface area contributed by atoms with E-state index in [1.807, 2.05) is 0 Å². The lowest BCUT2D eigenvalue weighted by atomic mass is 10.1. The molecule has 0 aromatic heterocycles. The number of hydrogen-bond acceptors (Lipinski definition) is 7. The third-order valence-corrected chi connectivity index (χ3v) is 7.70. The van der Waals surface area contributed by atoms with Crippen LogP contribution in [0.1, 0.15) is 125 Å². The van der Waals surface area contributed by atoms with Crippen molar-refractivity contribution < 1.29 is 44.1 Å². The number of rotatable bonds is 25. The predicted octanol–water partition coefficient (Wildman–Crippen LogP) is 2.63. The number of carbonyl (C=O) groups excluding carboxylic acids is 2. The van der Waals surface area contributed by atoms with E-state index in [1.165, 1.54) is 116 Å². The van der Waals surface area contributed by atoms with E-state index in [-0.39, 0.29) is 0 Å². The van der Waals surface area contributed by atoms with Crippen LogP contribution in [0.3, 0.4) is 0 Å². The van der Waals surface area contributed by atoms with E-state index in [9.17, 15) is 30.0 Å². The average molecular weight is 593 g/mol. The number of aliphatic carboxylic acids is 2. The SMILES string of the molecule is CCCC[N+](CCO)(CCCC)CCCC.CCCC[N+](CCO)(CCCC)CCCC.O=C([O-])CC(O)C(=O)[O-]. The minimum absolute atomic E-state index is 0.344. The molecule has 248 valence electrons. The van der Waals surface area contributed by atoms with Gasteiger partial charge in [0.05, 0.1) is 64.6 Å². The minimum atomic E-state index is -1.96. The van der Waals surface area contributed by atoms with E-state index in [0.29, 0.717) is 13.2 Å². The molecule has 0 fully saturated rings. The standard InChI is InChI=1S/2C14H32NO.C4H6O5/c2*1-4-7-10-15(13-14-16,11-8-5-2)12-9-6-3;5-2(4(8)9)1-3(6)7/h2*16H,4-14H2,1-3H3;2,5H,1H2,(H,6,7)(H,8,9)/q2*+1;/p-2. The Balaban J connectivity index is -0.000000551. The third-order valence-electron chi connectivity index (χ3n) is 7.70. The van der Waals surface area contributed by atoms with Gasteiger partial charge in [-0.05, 0) is 38.5 Å². The number of aliphatic hydroxyl groups excluding tert-OH is 3. The van der Waals surface area contributed by atoms with Gasteiger partial charge in [0, 0.05) is 12.4 Å². The van der Waals surface area contributed by atoms with Crippen molar-refractivity contribution in [2.75, 3.05) is 65.6 Å². The summed E-state index contributed by atoms with van der Waals surface area (Å²) in [4.78, 5) is 19.1. The lowest BCUT2D eigenvalue weighted by molar-refractivity contribution is -0.929. The summed E-state index contributed by atoms with van der Waals surface area (Å²) in [7, 11) is 0. The second kappa shape index (κ2) is 30.2. The number of carboxylic acid groups (broad SMARTS) is 2. The van der Waals surface area contributed by atoms with E-state index in [4.69, 9.17) is 5.11 Å². The lowest BCUT2D eigenvalue weighted by Gasteiger charge is -2.38. The summed E-state index contributed by atoms with van der Waals surface area (Å²) in [6, 6.07) is 0. The van der Waals surface area contributed by atoms with Crippen molar-refractivity contribution in [2.24, 2.45) is 0 Å². The van der Waals surface area contributed by atoms with Crippen LogP contribution in [0.15, 0.2) is 0 Å². The van der Waals surface area contributed by atoms with Crippen LogP contribution in [0.25, 0.3) is 0 Å². The Morgan fingerprint density at radius 3 is 0.902 bits per heavy atom. The summed E-state index contributed by atoms with van der Waals surface area (Å²) in [5.74, 6) is -3.43. The summed E-state index contributed by atoms with van der Waals surface area (Å²) >= 11 is 0. The first-order chi connectivity index (χ1) is 19.5. The largest absolute Gasteiger partial charge is 0.550 e. The summed E-state index contributed by atoms with van der Waals surface area (Å²) in [5.41, 5.74) is 0. The number of quaternary nitrogens is 2. The quantitative estimate of drug-likeness (QED) is 0.138. The Bertz CT molecular complexity index is 513. The molecule has 0 saturated carbocycles. The Labute approximate surface area is 252 Å². The van der Waals surface area contributed by atoms with Gasteiger partial charge in [-0.3, -0.25) is 0 Å². The minimum Gasteiger partial charge on any atom is -0.550 e. The maximum absolute atomic E-state index is 9.58. The number of hydrogen-bond donors (Lipinski definition) is 3. The fourth-order valence-corrected chi connectivity index (χ4v) is 4.97.